The number of carboxylic acid groups (broad SMARTS) is 1. The van der Waals surface area contributed by atoms with Gasteiger partial charge in [0.1, 0.15) is 17.3 Å². The summed E-state index contributed by atoms with van der Waals surface area (Å²) >= 11 is 0. The van der Waals surface area contributed by atoms with Gasteiger partial charge in [-0.25, -0.2) is 4.39 Å². The molecule has 2 aromatic rings. The minimum absolute atomic E-state index is 0.326. The summed E-state index contributed by atoms with van der Waals surface area (Å²) in [7, 11) is 0. The van der Waals surface area contributed by atoms with E-state index in [2.05, 4.69) is 0 Å². The molecule has 0 saturated carbocycles. The van der Waals surface area contributed by atoms with Crippen molar-refractivity contribution in [1.82, 2.24) is 0 Å². The van der Waals surface area contributed by atoms with E-state index in [9.17, 15) is 14.3 Å². The number of furan rings is 1. The summed E-state index contributed by atoms with van der Waals surface area (Å²) in [6, 6.07) is 9.32. The van der Waals surface area contributed by atoms with Crippen molar-refractivity contribution in [3.63, 3.8) is 0 Å². The van der Waals surface area contributed by atoms with Gasteiger partial charge in [0.15, 0.2) is 0 Å². The molecular weight excluding hydrogens is 223 g/mol. The molecule has 1 heterocycles. The van der Waals surface area contributed by atoms with Crippen LogP contribution in [0.4, 0.5) is 4.39 Å². The highest BCUT2D eigenvalue weighted by atomic mass is 19.1. The number of hydrogen-bond acceptors (Lipinski definition) is 3. The number of carboxylic acids is 1. The highest BCUT2D eigenvalue weighted by molar-refractivity contribution is 5.83. The van der Waals surface area contributed by atoms with Gasteiger partial charge in [0.25, 0.3) is 0 Å². The zero-order valence-electron chi connectivity index (χ0n) is 8.72. The third-order valence-corrected chi connectivity index (χ3v) is 2.15. The van der Waals surface area contributed by atoms with Crippen molar-refractivity contribution in [2.24, 2.45) is 0 Å². The minimum atomic E-state index is -1.31. The van der Waals surface area contributed by atoms with E-state index < -0.39 is 11.8 Å². The van der Waals surface area contributed by atoms with Crippen molar-refractivity contribution in [3.05, 3.63) is 54.1 Å². The van der Waals surface area contributed by atoms with Crippen LogP contribution in [-0.2, 0) is 4.79 Å². The van der Waals surface area contributed by atoms with Crippen LogP contribution in [0.5, 0.6) is 0 Å². The molecule has 0 aliphatic heterocycles. The fraction of sp³-hybridized carbons (Fsp3) is 0. The summed E-state index contributed by atoms with van der Waals surface area (Å²) in [6.07, 6.45) is 2.10. The molecule has 1 aromatic carbocycles. The second-order valence-electron chi connectivity index (χ2n) is 3.33. The third kappa shape index (κ3) is 2.60. The SMILES string of the molecule is O=C([O-])/C=C/c1ccc(-c2ccccc2F)o1. The number of aliphatic carboxylic acids is 1. The Morgan fingerprint density at radius 3 is 2.71 bits per heavy atom. The third-order valence-electron chi connectivity index (χ3n) is 2.15. The van der Waals surface area contributed by atoms with Gasteiger partial charge in [0, 0.05) is 0 Å². The Labute approximate surface area is 96.8 Å². The molecule has 0 bridgehead atoms. The lowest BCUT2D eigenvalue weighted by Gasteiger charge is -1.97. The van der Waals surface area contributed by atoms with E-state index in [-0.39, 0.29) is 0 Å². The molecule has 4 heteroatoms. The monoisotopic (exact) mass is 231 g/mol. The lowest BCUT2D eigenvalue weighted by atomic mass is 10.1. The van der Waals surface area contributed by atoms with E-state index in [1.54, 1.807) is 30.3 Å². The standard InChI is InChI=1S/C13H9FO3/c14-11-4-2-1-3-10(11)12-7-5-9(17-12)6-8-13(15)16/h1-8H,(H,15,16)/p-1/b8-6+. The van der Waals surface area contributed by atoms with Gasteiger partial charge in [-0.15, -0.1) is 0 Å². The number of hydrogen-bond donors (Lipinski definition) is 0. The van der Waals surface area contributed by atoms with Crippen molar-refractivity contribution in [3.8, 4) is 11.3 Å². The summed E-state index contributed by atoms with van der Waals surface area (Å²) in [4.78, 5) is 10.2. The highest BCUT2D eigenvalue weighted by Gasteiger charge is 2.07. The maximum atomic E-state index is 13.4. The van der Waals surface area contributed by atoms with Gasteiger partial charge in [-0.1, -0.05) is 12.1 Å². The highest BCUT2D eigenvalue weighted by Crippen LogP contribution is 2.25. The lowest BCUT2D eigenvalue weighted by Crippen LogP contribution is -2.18. The van der Waals surface area contributed by atoms with Crippen LogP contribution in [0.3, 0.4) is 0 Å². The molecule has 17 heavy (non-hydrogen) atoms. The van der Waals surface area contributed by atoms with Gasteiger partial charge in [-0.3, -0.25) is 0 Å². The molecule has 0 N–H and O–H groups in total. The van der Waals surface area contributed by atoms with Crippen LogP contribution >= 0.6 is 0 Å². The molecule has 0 aliphatic rings. The molecule has 0 saturated heterocycles. The average molecular weight is 231 g/mol. The quantitative estimate of drug-likeness (QED) is 0.757. The van der Waals surface area contributed by atoms with E-state index in [1.807, 2.05) is 0 Å². The number of benzene rings is 1. The Bertz CT molecular complexity index is 570. The summed E-state index contributed by atoms with van der Waals surface area (Å²) in [5.74, 6) is -1.03. The summed E-state index contributed by atoms with van der Waals surface area (Å²) in [5.41, 5.74) is 0.334. The second kappa shape index (κ2) is 4.65. The zero-order chi connectivity index (χ0) is 12.3. The van der Waals surface area contributed by atoms with Crippen LogP contribution in [0.25, 0.3) is 17.4 Å². The second-order valence-corrected chi connectivity index (χ2v) is 3.33. The van der Waals surface area contributed by atoms with Crippen LogP contribution in [0.1, 0.15) is 5.76 Å². The van der Waals surface area contributed by atoms with Gasteiger partial charge in [0.05, 0.1) is 11.5 Å². The van der Waals surface area contributed by atoms with E-state index in [0.29, 0.717) is 17.1 Å². The number of carbonyl (C=O) groups is 1. The van der Waals surface area contributed by atoms with Crippen molar-refractivity contribution in [2.45, 2.75) is 0 Å². The van der Waals surface area contributed by atoms with Gasteiger partial charge in [-0.05, 0) is 36.4 Å². The van der Waals surface area contributed by atoms with Crippen molar-refractivity contribution in [1.29, 1.82) is 0 Å². The van der Waals surface area contributed by atoms with Crippen LogP contribution in [0.2, 0.25) is 0 Å². The fourth-order valence-electron chi connectivity index (χ4n) is 1.40. The van der Waals surface area contributed by atoms with E-state index in [0.717, 1.165) is 6.08 Å². The molecule has 0 atom stereocenters. The van der Waals surface area contributed by atoms with Crippen molar-refractivity contribution in [2.75, 3.05) is 0 Å². The first-order valence-corrected chi connectivity index (χ1v) is 4.90. The number of halogens is 1. The van der Waals surface area contributed by atoms with Crippen molar-refractivity contribution >= 4 is 12.0 Å². The Balaban J connectivity index is 2.30. The first kappa shape index (κ1) is 11.1. The summed E-state index contributed by atoms with van der Waals surface area (Å²) in [5, 5.41) is 10.2. The summed E-state index contributed by atoms with van der Waals surface area (Å²) in [6.45, 7) is 0. The summed E-state index contributed by atoms with van der Waals surface area (Å²) < 4.78 is 18.7. The predicted octanol–water partition coefficient (Wildman–Crippen LogP) is 1.85. The minimum Gasteiger partial charge on any atom is -0.545 e. The average Bonchev–Trinajstić information content (AvgIpc) is 2.75. The molecule has 3 nitrogen and oxygen atoms in total. The Morgan fingerprint density at radius 2 is 2.00 bits per heavy atom. The molecule has 2 rings (SSSR count). The zero-order valence-corrected chi connectivity index (χ0v) is 8.72. The van der Waals surface area contributed by atoms with Gasteiger partial charge in [-0.2, -0.15) is 0 Å². The van der Waals surface area contributed by atoms with E-state index in [4.69, 9.17) is 4.42 Å². The van der Waals surface area contributed by atoms with E-state index >= 15 is 0 Å². The molecular formula is C13H8FO3-. The van der Waals surface area contributed by atoms with Gasteiger partial charge in [0.2, 0.25) is 0 Å². The largest absolute Gasteiger partial charge is 0.545 e. The maximum absolute atomic E-state index is 13.4. The Morgan fingerprint density at radius 1 is 1.24 bits per heavy atom. The molecule has 1 aromatic heterocycles. The molecule has 0 amide bonds. The van der Waals surface area contributed by atoms with Crippen molar-refractivity contribution < 1.29 is 18.7 Å². The Kier molecular flexibility index (Phi) is 3.05. The maximum Gasteiger partial charge on any atom is 0.137 e. The van der Waals surface area contributed by atoms with Crippen LogP contribution in [0, 0.1) is 5.82 Å². The predicted molar refractivity (Wildman–Crippen MR) is 58.1 cm³/mol. The molecule has 86 valence electrons. The smallest absolute Gasteiger partial charge is 0.137 e. The van der Waals surface area contributed by atoms with Gasteiger partial charge < -0.3 is 14.3 Å². The van der Waals surface area contributed by atoms with E-state index in [1.165, 1.54) is 12.1 Å². The van der Waals surface area contributed by atoms with Gasteiger partial charge >= 0.3 is 0 Å². The lowest BCUT2D eigenvalue weighted by molar-refractivity contribution is -0.297. The normalized spacial score (nSPS) is 10.9. The van der Waals surface area contributed by atoms with Crippen LogP contribution in [0.15, 0.2) is 46.9 Å². The van der Waals surface area contributed by atoms with Crippen LogP contribution < -0.4 is 5.11 Å². The Hall–Kier alpha value is -2.36. The first-order chi connectivity index (χ1) is 8.16. The molecule has 0 radical (unpaired) electrons. The molecule has 0 unspecified atom stereocenters. The topological polar surface area (TPSA) is 53.3 Å². The van der Waals surface area contributed by atoms with Crippen LogP contribution in [-0.4, -0.2) is 5.97 Å². The fourth-order valence-corrected chi connectivity index (χ4v) is 1.40. The molecule has 0 fully saturated rings. The molecule has 0 spiro atoms. The number of carbonyl (C=O) groups excluding carboxylic acids is 1. The number of rotatable bonds is 3. The molecule has 0 aliphatic carbocycles. The first-order valence-electron chi connectivity index (χ1n) is 4.90.